The number of nitrogens with zero attached hydrogens (tertiary/aromatic N) is 4. The van der Waals surface area contributed by atoms with Gasteiger partial charge in [-0.15, -0.1) is 0 Å². The van der Waals surface area contributed by atoms with Crippen molar-refractivity contribution in [3.8, 4) is 5.75 Å². The molecule has 1 N–H and O–H groups in total. The van der Waals surface area contributed by atoms with Gasteiger partial charge in [0.05, 0.1) is 37.3 Å². The highest BCUT2D eigenvalue weighted by atomic mass is 16.5. The average Bonchev–Trinajstić information content (AvgIpc) is 3.59. The number of hydrogen-bond donors (Lipinski definition) is 1. The van der Waals surface area contributed by atoms with Crippen LogP contribution in [-0.2, 0) is 24.4 Å². The summed E-state index contributed by atoms with van der Waals surface area (Å²) in [6, 6.07) is 9.79. The number of hydrogen-bond acceptors (Lipinski definition) is 7. The summed E-state index contributed by atoms with van der Waals surface area (Å²) in [6.07, 6.45) is 7.07. The summed E-state index contributed by atoms with van der Waals surface area (Å²) in [5.41, 5.74) is 2.01. The Bertz CT molecular complexity index is 1240. The molecule has 170 valence electrons. The maximum atomic E-state index is 12.5. The number of amides is 1. The lowest BCUT2D eigenvalue weighted by molar-refractivity contribution is 0.0600. The third-order valence-corrected chi connectivity index (χ3v) is 4.79. The molecule has 0 spiro atoms. The Balaban J connectivity index is 1.30. The van der Waals surface area contributed by atoms with Gasteiger partial charge in [-0.05, 0) is 43.3 Å². The maximum Gasteiger partial charge on any atom is 0.337 e. The number of aromatic nitrogens is 4. The zero-order valence-electron chi connectivity index (χ0n) is 18.2. The molecule has 0 aliphatic rings. The fourth-order valence-corrected chi connectivity index (χ4v) is 3.09. The summed E-state index contributed by atoms with van der Waals surface area (Å²) < 4.78 is 19.5. The predicted octanol–water partition coefficient (Wildman–Crippen LogP) is 3.36. The minimum atomic E-state index is -0.415. The van der Waals surface area contributed by atoms with Crippen molar-refractivity contribution >= 4 is 17.6 Å². The summed E-state index contributed by atoms with van der Waals surface area (Å²) in [6.45, 7) is 3.51. The number of aryl methyl sites for hydroxylation is 1. The molecule has 10 nitrogen and oxygen atoms in total. The first-order chi connectivity index (χ1) is 16.0. The molecule has 1 amide bonds. The van der Waals surface area contributed by atoms with Crippen molar-refractivity contribution in [1.29, 1.82) is 0 Å². The van der Waals surface area contributed by atoms with E-state index in [0.29, 0.717) is 29.3 Å². The first-order valence-electron chi connectivity index (χ1n) is 10.3. The van der Waals surface area contributed by atoms with Crippen molar-refractivity contribution < 1.29 is 23.5 Å². The second-order valence-corrected chi connectivity index (χ2v) is 7.16. The Labute approximate surface area is 189 Å². The molecule has 33 heavy (non-hydrogen) atoms. The third-order valence-electron chi connectivity index (χ3n) is 4.79. The van der Waals surface area contributed by atoms with Crippen LogP contribution in [-0.4, -0.2) is 38.5 Å². The van der Waals surface area contributed by atoms with Gasteiger partial charge in [0.15, 0.2) is 5.76 Å². The van der Waals surface area contributed by atoms with Crippen LogP contribution in [0.1, 0.15) is 39.2 Å². The van der Waals surface area contributed by atoms with Gasteiger partial charge in [0.2, 0.25) is 0 Å². The van der Waals surface area contributed by atoms with Gasteiger partial charge in [-0.3, -0.25) is 14.2 Å². The highest BCUT2D eigenvalue weighted by Gasteiger charge is 2.13. The van der Waals surface area contributed by atoms with Crippen molar-refractivity contribution in [2.24, 2.45) is 0 Å². The SMILES string of the molecule is CCn1cc(Cn2cc(NC(=O)c3ccc(COc4ccc(C(=O)OC)cc4)o3)cn2)cn1. The molecule has 0 bridgehead atoms. The van der Waals surface area contributed by atoms with Gasteiger partial charge in [0.25, 0.3) is 5.91 Å². The Morgan fingerprint density at radius 3 is 2.55 bits per heavy atom. The smallest absolute Gasteiger partial charge is 0.337 e. The first kappa shape index (κ1) is 21.9. The van der Waals surface area contributed by atoms with Crippen LogP contribution in [0.15, 0.2) is 65.6 Å². The quantitative estimate of drug-likeness (QED) is 0.390. The van der Waals surface area contributed by atoms with Gasteiger partial charge in [-0.1, -0.05) is 0 Å². The van der Waals surface area contributed by atoms with E-state index in [2.05, 4.69) is 20.3 Å². The van der Waals surface area contributed by atoms with E-state index in [1.807, 2.05) is 17.8 Å². The van der Waals surface area contributed by atoms with E-state index in [9.17, 15) is 9.59 Å². The zero-order valence-corrected chi connectivity index (χ0v) is 18.2. The van der Waals surface area contributed by atoms with Gasteiger partial charge < -0.3 is 19.2 Å². The Hall–Kier alpha value is -4.34. The zero-order chi connectivity index (χ0) is 23.2. The number of nitrogens with one attached hydrogen (secondary N) is 1. The molecule has 0 aliphatic carbocycles. The normalized spacial score (nSPS) is 10.7. The molecule has 0 aliphatic heterocycles. The molecule has 0 fully saturated rings. The van der Waals surface area contributed by atoms with E-state index in [0.717, 1.165) is 12.1 Å². The second-order valence-electron chi connectivity index (χ2n) is 7.16. The number of esters is 1. The van der Waals surface area contributed by atoms with Crippen molar-refractivity contribution in [2.45, 2.75) is 26.6 Å². The summed E-state index contributed by atoms with van der Waals surface area (Å²) in [5, 5.41) is 11.3. The van der Waals surface area contributed by atoms with Crippen LogP contribution in [0.25, 0.3) is 0 Å². The van der Waals surface area contributed by atoms with Gasteiger partial charge in [0, 0.05) is 24.5 Å². The van der Waals surface area contributed by atoms with Gasteiger partial charge in [0.1, 0.15) is 18.1 Å². The lowest BCUT2D eigenvalue weighted by Crippen LogP contribution is -2.10. The van der Waals surface area contributed by atoms with Gasteiger partial charge in [-0.2, -0.15) is 10.2 Å². The predicted molar refractivity (Wildman–Crippen MR) is 118 cm³/mol. The summed E-state index contributed by atoms with van der Waals surface area (Å²) in [7, 11) is 1.33. The molecule has 0 saturated heterocycles. The molecule has 3 aromatic heterocycles. The molecule has 0 atom stereocenters. The molecule has 0 radical (unpaired) electrons. The standard InChI is InChI=1S/C23H23N5O5/c1-3-27-12-16(10-24-27)13-28-14-18(11-25-28)26-22(29)21-9-8-20(33-21)15-32-19-6-4-17(5-7-19)23(30)31-2/h4-12,14H,3,13,15H2,1-2H3,(H,26,29). The van der Waals surface area contributed by atoms with Gasteiger partial charge >= 0.3 is 5.97 Å². The van der Waals surface area contributed by atoms with E-state index >= 15 is 0 Å². The lowest BCUT2D eigenvalue weighted by Gasteiger charge is -2.05. The molecule has 10 heteroatoms. The van der Waals surface area contributed by atoms with Crippen molar-refractivity contribution in [3.63, 3.8) is 0 Å². The molecule has 4 aromatic rings. The first-order valence-corrected chi connectivity index (χ1v) is 10.3. The monoisotopic (exact) mass is 449 g/mol. The Morgan fingerprint density at radius 1 is 1.03 bits per heavy atom. The van der Waals surface area contributed by atoms with Crippen molar-refractivity contribution in [2.75, 3.05) is 12.4 Å². The number of carbonyl (C=O) groups is 2. The summed E-state index contributed by atoms with van der Waals surface area (Å²) in [4.78, 5) is 24.0. The number of ether oxygens (including phenoxy) is 2. The van der Waals surface area contributed by atoms with E-state index in [-0.39, 0.29) is 18.3 Å². The minimum absolute atomic E-state index is 0.133. The van der Waals surface area contributed by atoms with Gasteiger partial charge in [-0.25, -0.2) is 4.79 Å². The topological polar surface area (TPSA) is 113 Å². The highest BCUT2D eigenvalue weighted by Crippen LogP contribution is 2.17. The fourth-order valence-electron chi connectivity index (χ4n) is 3.09. The molecule has 0 saturated carbocycles. The molecule has 1 aromatic carbocycles. The Morgan fingerprint density at radius 2 is 1.82 bits per heavy atom. The maximum absolute atomic E-state index is 12.5. The molecule has 0 unspecified atom stereocenters. The van der Waals surface area contributed by atoms with E-state index in [4.69, 9.17) is 9.15 Å². The van der Waals surface area contributed by atoms with Crippen molar-refractivity contribution in [1.82, 2.24) is 19.6 Å². The number of carbonyl (C=O) groups excluding carboxylic acids is 2. The van der Waals surface area contributed by atoms with Crippen LogP contribution >= 0.6 is 0 Å². The van der Waals surface area contributed by atoms with E-state index in [1.54, 1.807) is 59.7 Å². The van der Waals surface area contributed by atoms with Crippen molar-refractivity contribution in [3.05, 3.63) is 83.8 Å². The molecule has 4 rings (SSSR count). The largest absolute Gasteiger partial charge is 0.486 e. The lowest BCUT2D eigenvalue weighted by atomic mass is 10.2. The highest BCUT2D eigenvalue weighted by molar-refractivity contribution is 6.02. The van der Waals surface area contributed by atoms with Crippen LogP contribution < -0.4 is 10.1 Å². The van der Waals surface area contributed by atoms with Crippen LogP contribution in [0.5, 0.6) is 5.75 Å². The van der Waals surface area contributed by atoms with E-state index in [1.165, 1.54) is 7.11 Å². The minimum Gasteiger partial charge on any atom is -0.486 e. The number of anilines is 1. The van der Waals surface area contributed by atoms with Crippen LogP contribution in [0.4, 0.5) is 5.69 Å². The second kappa shape index (κ2) is 9.86. The van der Waals surface area contributed by atoms with Crippen LogP contribution in [0, 0.1) is 0 Å². The molecular formula is C23H23N5O5. The third kappa shape index (κ3) is 5.48. The number of benzene rings is 1. The van der Waals surface area contributed by atoms with Crippen LogP contribution in [0.3, 0.4) is 0 Å². The number of furan rings is 1. The van der Waals surface area contributed by atoms with E-state index < -0.39 is 5.97 Å². The average molecular weight is 449 g/mol. The molecule has 3 heterocycles. The van der Waals surface area contributed by atoms with Crippen LogP contribution in [0.2, 0.25) is 0 Å². The summed E-state index contributed by atoms with van der Waals surface area (Å²) >= 11 is 0. The number of methoxy groups -OCH3 is 1. The Kier molecular flexibility index (Phi) is 6.53. The number of rotatable bonds is 9. The fraction of sp³-hybridized carbons (Fsp3) is 0.217. The molecular weight excluding hydrogens is 426 g/mol. The summed E-state index contributed by atoms with van der Waals surface area (Å²) in [5.74, 6) is 0.401.